The molecule has 0 spiro atoms. The molecule has 1 atom stereocenters. The summed E-state index contributed by atoms with van der Waals surface area (Å²) in [6, 6.07) is 2.53. The van der Waals surface area contributed by atoms with Crippen LogP contribution in [0.25, 0.3) is 0 Å². The number of rotatable bonds is 6. The largest absolute Gasteiger partial charge is 0.493 e. The Morgan fingerprint density at radius 2 is 1.95 bits per heavy atom. The zero-order valence-corrected chi connectivity index (χ0v) is 12.1. The van der Waals surface area contributed by atoms with Crippen molar-refractivity contribution < 1.29 is 19.2 Å². The Hall–Kier alpha value is -2.02. The predicted molar refractivity (Wildman–Crippen MR) is 74.8 cm³/mol. The first kappa shape index (κ1) is 16.0. The summed E-state index contributed by atoms with van der Waals surface area (Å²) in [5.74, 6) is 0.0815. The highest BCUT2D eigenvalue weighted by molar-refractivity contribution is 6.21. The average Bonchev–Trinajstić information content (AvgIpc) is 2.36. The fourth-order valence-electron chi connectivity index (χ4n) is 1.58. The van der Waals surface area contributed by atoms with Crippen LogP contribution in [-0.2, 0) is 4.79 Å². The van der Waals surface area contributed by atoms with Crippen LogP contribution < -0.4 is 14.8 Å². The summed E-state index contributed by atoms with van der Waals surface area (Å²) < 4.78 is 10.0. The number of nitro groups is 1. The van der Waals surface area contributed by atoms with Crippen molar-refractivity contribution in [2.24, 2.45) is 0 Å². The van der Waals surface area contributed by atoms with E-state index < -0.39 is 10.8 Å². The Morgan fingerprint density at radius 3 is 2.40 bits per heavy atom. The SMILES string of the molecule is COc1cc(NC(=O)CC(C)Cl)c([N+](=O)[O-])cc1OC. The highest BCUT2D eigenvalue weighted by atomic mass is 35.5. The minimum Gasteiger partial charge on any atom is -0.493 e. The number of carbonyl (C=O) groups is 1. The number of carbonyl (C=O) groups excluding carboxylic acids is 1. The van der Waals surface area contributed by atoms with Crippen LogP contribution in [0, 0.1) is 10.1 Å². The summed E-state index contributed by atoms with van der Waals surface area (Å²) in [5.41, 5.74) is -0.242. The predicted octanol–water partition coefficient (Wildman–Crippen LogP) is 2.57. The smallest absolute Gasteiger partial charge is 0.296 e. The number of benzene rings is 1. The van der Waals surface area contributed by atoms with Gasteiger partial charge in [0.15, 0.2) is 11.5 Å². The van der Waals surface area contributed by atoms with Gasteiger partial charge in [0.05, 0.1) is 25.2 Å². The second-order valence-electron chi connectivity index (χ2n) is 4.01. The molecule has 0 saturated heterocycles. The van der Waals surface area contributed by atoms with Gasteiger partial charge in [0.1, 0.15) is 5.69 Å². The number of halogens is 1. The van der Waals surface area contributed by atoms with E-state index in [1.165, 1.54) is 26.4 Å². The Morgan fingerprint density at radius 1 is 1.40 bits per heavy atom. The molecule has 7 nitrogen and oxygen atoms in total. The molecular formula is C12H15ClN2O5. The fourth-order valence-corrected chi connectivity index (χ4v) is 1.72. The molecule has 0 aromatic heterocycles. The van der Waals surface area contributed by atoms with Crippen LogP contribution in [0.5, 0.6) is 11.5 Å². The molecule has 0 aliphatic rings. The number of anilines is 1. The van der Waals surface area contributed by atoms with Crippen LogP contribution in [-0.4, -0.2) is 30.4 Å². The summed E-state index contributed by atoms with van der Waals surface area (Å²) in [7, 11) is 2.77. The van der Waals surface area contributed by atoms with Crippen LogP contribution in [0.15, 0.2) is 12.1 Å². The van der Waals surface area contributed by atoms with Gasteiger partial charge in [-0.15, -0.1) is 11.6 Å². The highest BCUT2D eigenvalue weighted by Crippen LogP contribution is 2.37. The first-order valence-electron chi connectivity index (χ1n) is 5.73. The molecule has 1 aromatic carbocycles. The summed E-state index contributed by atoms with van der Waals surface area (Å²) in [4.78, 5) is 22.1. The molecule has 0 heterocycles. The van der Waals surface area contributed by atoms with Gasteiger partial charge >= 0.3 is 0 Å². The van der Waals surface area contributed by atoms with Gasteiger partial charge in [0.25, 0.3) is 5.69 Å². The molecule has 110 valence electrons. The molecule has 1 amide bonds. The van der Waals surface area contributed by atoms with Crippen molar-refractivity contribution in [3.05, 3.63) is 22.2 Å². The lowest BCUT2D eigenvalue weighted by molar-refractivity contribution is -0.384. The number of methoxy groups -OCH3 is 2. The number of nitro benzene ring substituents is 1. The zero-order valence-electron chi connectivity index (χ0n) is 11.3. The van der Waals surface area contributed by atoms with Gasteiger partial charge in [0.2, 0.25) is 5.91 Å². The first-order valence-corrected chi connectivity index (χ1v) is 6.17. The van der Waals surface area contributed by atoms with Gasteiger partial charge in [-0.3, -0.25) is 14.9 Å². The third-order valence-corrected chi connectivity index (χ3v) is 2.59. The molecular weight excluding hydrogens is 288 g/mol. The fraction of sp³-hybridized carbons (Fsp3) is 0.417. The summed E-state index contributed by atoms with van der Waals surface area (Å²) in [6.45, 7) is 1.66. The van der Waals surface area contributed by atoms with Crippen molar-refractivity contribution in [1.29, 1.82) is 0 Å². The molecule has 0 saturated carbocycles. The minimum atomic E-state index is -0.609. The molecule has 0 fully saturated rings. The Bertz CT molecular complexity index is 519. The van der Waals surface area contributed by atoms with Crippen molar-refractivity contribution >= 4 is 28.9 Å². The van der Waals surface area contributed by atoms with Gasteiger partial charge in [0, 0.05) is 17.9 Å². The van der Waals surface area contributed by atoms with E-state index in [4.69, 9.17) is 21.1 Å². The molecule has 20 heavy (non-hydrogen) atoms. The zero-order chi connectivity index (χ0) is 15.3. The third kappa shape index (κ3) is 3.99. The van der Waals surface area contributed by atoms with Gasteiger partial charge in [-0.25, -0.2) is 0 Å². The lowest BCUT2D eigenvalue weighted by Crippen LogP contribution is -2.16. The molecule has 0 bridgehead atoms. The molecule has 0 radical (unpaired) electrons. The number of amides is 1. The molecule has 1 rings (SSSR count). The number of alkyl halides is 1. The molecule has 0 aliphatic heterocycles. The van der Waals surface area contributed by atoms with E-state index >= 15 is 0 Å². The van der Waals surface area contributed by atoms with Gasteiger partial charge in [-0.2, -0.15) is 0 Å². The van der Waals surface area contributed by atoms with Crippen LogP contribution in [0.3, 0.4) is 0 Å². The minimum absolute atomic E-state index is 0.0370. The maximum Gasteiger partial charge on any atom is 0.296 e. The third-order valence-electron chi connectivity index (χ3n) is 2.44. The van der Waals surface area contributed by atoms with E-state index in [9.17, 15) is 14.9 Å². The number of hydrogen-bond donors (Lipinski definition) is 1. The highest BCUT2D eigenvalue weighted by Gasteiger charge is 2.21. The van der Waals surface area contributed by atoms with E-state index in [0.717, 1.165) is 0 Å². The summed E-state index contributed by atoms with van der Waals surface area (Å²) in [6.07, 6.45) is 0.0487. The van der Waals surface area contributed by atoms with Crippen LogP contribution in [0.4, 0.5) is 11.4 Å². The average molecular weight is 303 g/mol. The molecule has 1 N–H and O–H groups in total. The molecule has 1 aromatic rings. The normalized spacial score (nSPS) is 11.6. The van der Waals surface area contributed by atoms with Gasteiger partial charge in [-0.05, 0) is 6.92 Å². The van der Waals surface area contributed by atoms with E-state index in [-0.39, 0.29) is 34.7 Å². The maximum absolute atomic E-state index is 11.7. The topological polar surface area (TPSA) is 90.7 Å². The van der Waals surface area contributed by atoms with Crippen molar-refractivity contribution in [3.63, 3.8) is 0 Å². The monoisotopic (exact) mass is 302 g/mol. The number of ether oxygens (including phenoxy) is 2. The van der Waals surface area contributed by atoms with Crippen LogP contribution in [0.2, 0.25) is 0 Å². The quantitative estimate of drug-likeness (QED) is 0.495. The van der Waals surface area contributed by atoms with E-state index in [2.05, 4.69) is 5.32 Å². The number of nitrogens with one attached hydrogen (secondary N) is 1. The molecule has 8 heteroatoms. The summed E-state index contributed by atoms with van der Waals surface area (Å²) >= 11 is 5.71. The Kier molecular flexibility index (Phi) is 5.57. The second kappa shape index (κ2) is 6.95. The van der Waals surface area contributed by atoms with Gasteiger partial charge < -0.3 is 14.8 Å². The molecule has 1 unspecified atom stereocenters. The lowest BCUT2D eigenvalue weighted by Gasteiger charge is -2.11. The molecule has 0 aliphatic carbocycles. The van der Waals surface area contributed by atoms with E-state index in [1.807, 2.05) is 0 Å². The number of hydrogen-bond acceptors (Lipinski definition) is 5. The Balaban J connectivity index is 3.15. The summed E-state index contributed by atoms with van der Waals surface area (Å²) in [5, 5.41) is 13.1. The van der Waals surface area contributed by atoms with E-state index in [1.54, 1.807) is 6.92 Å². The van der Waals surface area contributed by atoms with Crippen molar-refractivity contribution in [2.75, 3.05) is 19.5 Å². The van der Waals surface area contributed by atoms with E-state index in [0.29, 0.717) is 0 Å². The van der Waals surface area contributed by atoms with Gasteiger partial charge in [-0.1, -0.05) is 0 Å². The standard InChI is InChI=1S/C12H15ClN2O5/c1-7(13)4-12(16)14-8-5-10(19-2)11(20-3)6-9(8)15(17)18/h5-7H,4H2,1-3H3,(H,14,16). The van der Waals surface area contributed by atoms with Crippen molar-refractivity contribution in [1.82, 2.24) is 0 Å². The van der Waals surface area contributed by atoms with Crippen LogP contribution >= 0.6 is 11.6 Å². The van der Waals surface area contributed by atoms with Crippen molar-refractivity contribution in [2.45, 2.75) is 18.7 Å². The van der Waals surface area contributed by atoms with Crippen LogP contribution in [0.1, 0.15) is 13.3 Å². The number of nitrogens with zero attached hydrogens (tertiary/aromatic N) is 1. The lowest BCUT2D eigenvalue weighted by atomic mass is 10.2. The second-order valence-corrected chi connectivity index (χ2v) is 4.76. The first-order chi connectivity index (χ1) is 9.38. The van der Waals surface area contributed by atoms with Crippen molar-refractivity contribution in [3.8, 4) is 11.5 Å². The Labute approximate surface area is 121 Å². The maximum atomic E-state index is 11.7.